The third kappa shape index (κ3) is 4.43. The molecule has 1 unspecified atom stereocenters. The third-order valence-corrected chi connectivity index (χ3v) is 3.88. The molecule has 0 radical (unpaired) electrons. The molecule has 0 saturated carbocycles. The second kappa shape index (κ2) is 9.05. The average Bonchev–Trinajstić information content (AvgIpc) is 2.67. The fourth-order valence-corrected chi connectivity index (χ4v) is 2.54. The Morgan fingerprint density at radius 2 is 1.69 bits per heavy atom. The maximum absolute atomic E-state index is 13.4. The first-order valence-corrected chi connectivity index (χ1v) is 7.90. The maximum Gasteiger partial charge on any atom is 0.251 e. The van der Waals surface area contributed by atoms with Crippen molar-refractivity contribution in [3.63, 3.8) is 0 Å². The Hall–Kier alpha value is -2.80. The van der Waals surface area contributed by atoms with Gasteiger partial charge in [-0.15, -0.1) is 0 Å². The van der Waals surface area contributed by atoms with E-state index >= 15 is 0 Å². The Morgan fingerprint density at radius 1 is 1.04 bits per heavy atom. The van der Waals surface area contributed by atoms with Crippen LogP contribution in [0.3, 0.4) is 0 Å². The van der Waals surface area contributed by atoms with Gasteiger partial charge in [-0.1, -0.05) is 12.1 Å². The topological polar surface area (TPSA) is 66.0 Å². The van der Waals surface area contributed by atoms with Gasteiger partial charge in [0.2, 0.25) is 5.75 Å². The summed E-state index contributed by atoms with van der Waals surface area (Å²) < 4.78 is 34.5. The lowest BCUT2D eigenvalue weighted by atomic mass is 10.1. The summed E-state index contributed by atoms with van der Waals surface area (Å²) >= 11 is 0. The van der Waals surface area contributed by atoms with Crippen molar-refractivity contribution in [2.75, 3.05) is 35.0 Å². The lowest BCUT2D eigenvalue weighted by molar-refractivity contribution is 0.0826. The molecule has 0 bridgehead atoms. The lowest BCUT2D eigenvalue weighted by Gasteiger charge is -2.18. The smallest absolute Gasteiger partial charge is 0.251 e. The normalized spacial score (nSPS) is 11.6. The number of amides is 1. The van der Waals surface area contributed by atoms with Crippen molar-refractivity contribution in [1.29, 1.82) is 0 Å². The minimum absolute atomic E-state index is 0.176. The molecular weight excluding hydrogens is 341 g/mol. The molecule has 140 valence electrons. The van der Waals surface area contributed by atoms with Gasteiger partial charge in [0.05, 0.1) is 27.4 Å². The number of halogens is 1. The van der Waals surface area contributed by atoms with Crippen molar-refractivity contribution in [2.24, 2.45) is 0 Å². The predicted molar refractivity (Wildman–Crippen MR) is 94.6 cm³/mol. The Morgan fingerprint density at radius 3 is 2.19 bits per heavy atom. The molecule has 1 atom stereocenters. The van der Waals surface area contributed by atoms with Gasteiger partial charge in [0, 0.05) is 19.2 Å². The fourth-order valence-electron chi connectivity index (χ4n) is 2.54. The van der Waals surface area contributed by atoms with Crippen LogP contribution >= 0.6 is 0 Å². The largest absolute Gasteiger partial charge is 0.493 e. The van der Waals surface area contributed by atoms with E-state index in [1.54, 1.807) is 24.3 Å². The molecule has 0 heterocycles. The number of rotatable bonds is 8. The Bertz CT molecular complexity index is 740. The van der Waals surface area contributed by atoms with E-state index in [2.05, 4.69) is 5.32 Å². The van der Waals surface area contributed by atoms with Gasteiger partial charge in [0.15, 0.2) is 11.5 Å². The zero-order valence-electron chi connectivity index (χ0n) is 15.2. The standard InChI is InChI=1S/C19H22FNO5/c1-23-15-9-13(10-16(24-2)18(15)26-4)19(22)21-11-17(25-3)12-6-5-7-14(20)8-12/h5-10,17H,11H2,1-4H3,(H,21,22). The van der Waals surface area contributed by atoms with Gasteiger partial charge in [-0.05, 0) is 29.8 Å². The molecule has 0 aliphatic carbocycles. The average molecular weight is 363 g/mol. The van der Waals surface area contributed by atoms with Crippen LogP contribution < -0.4 is 19.5 Å². The van der Waals surface area contributed by atoms with Crippen LogP contribution in [0, 0.1) is 5.82 Å². The molecule has 0 fully saturated rings. The van der Waals surface area contributed by atoms with E-state index in [1.165, 1.54) is 40.6 Å². The summed E-state index contributed by atoms with van der Waals surface area (Å²) in [6.45, 7) is 0.176. The summed E-state index contributed by atoms with van der Waals surface area (Å²) in [7, 11) is 5.94. The summed E-state index contributed by atoms with van der Waals surface area (Å²) in [4.78, 5) is 12.5. The molecule has 0 aliphatic rings. The van der Waals surface area contributed by atoms with E-state index < -0.39 is 6.10 Å². The van der Waals surface area contributed by atoms with Crippen molar-refractivity contribution in [1.82, 2.24) is 5.32 Å². The molecule has 2 aromatic carbocycles. The molecule has 0 aliphatic heterocycles. The summed E-state index contributed by atoms with van der Waals surface area (Å²) in [5, 5.41) is 2.77. The van der Waals surface area contributed by atoms with Gasteiger partial charge in [-0.2, -0.15) is 0 Å². The number of nitrogens with one attached hydrogen (secondary N) is 1. The molecular formula is C19H22FNO5. The van der Waals surface area contributed by atoms with Gasteiger partial charge in [-0.25, -0.2) is 4.39 Å². The molecule has 0 spiro atoms. The van der Waals surface area contributed by atoms with E-state index in [0.29, 0.717) is 28.4 Å². The molecule has 1 amide bonds. The van der Waals surface area contributed by atoms with Crippen LogP contribution in [0.15, 0.2) is 36.4 Å². The highest BCUT2D eigenvalue weighted by Crippen LogP contribution is 2.38. The molecule has 2 aromatic rings. The number of ether oxygens (including phenoxy) is 4. The zero-order valence-corrected chi connectivity index (χ0v) is 15.2. The van der Waals surface area contributed by atoms with Crippen molar-refractivity contribution < 1.29 is 28.1 Å². The molecule has 1 N–H and O–H groups in total. The highest BCUT2D eigenvalue weighted by molar-refractivity contribution is 5.95. The minimum Gasteiger partial charge on any atom is -0.493 e. The van der Waals surface area contributed by atoms with Gasteiger partial charge >= 0.3 is 0 Å². The van der Waals surface area contributed by atoms with Crippen molar-refractivity contribution in [3.8, 4) is 17.2 Å². The number of carbonyl (C=O) groups is 1. The number of hydrogen-bond donors (Lipinski definition) is 1. The highest BCUT2D eigenvalue weighted by Gasteiger charge is 2.18. The fraction of sp³-hybridized carbons (Fsp3) is 0.316. The van der Waals surface area contributed by atoms with Crippen LogP contribution in [0.4, 0.5) is 4.39 Å². The molecule has 7 heteroatoms. The van der Waals surface area contributed by atoms with Crippen molar-refractivity contribution >= 4 is 5.91 Å². The summed E-state index contributed by atoms with van der Waals surface area (Å²) in [6.07, 6.45) is -0.475. The van der Waals surface area contributed by atoms with E-state index in [0.717, 1.165) is 0 Å². The van der Waals surface area contributed by atoms with Crippen LogP contribution in [0.1, 0.15) is 22.0 Å². The summed E-state index contributed by atoms with van der Waals surface area (Å²) in [6, 6.07) is 9.17. The van der Waals surface area contributed by atoms with Gasteiger partial charge in [0.25, 0.3) is 5.91 Å². The highest BCUT2D eigenvalue weighted by atomic mass is 19.1. The first kappa shape index (κ1) is 19.5. The van der Waals surface area contributed by atoms with Gasteiger partial charge in [0.1, 0.15) is 5.82 Å². The van der Waals surface area contributed by atoms with Crippen molar-refractivity contribution in [3.05, 3.63) is 53.3 Å². The quantitative estimate of drug-likeness (QED) is 0.781. The van der Waals surface area contributed by atoms with Crippen molar-refractivity contribution in [2.45, 2.75) is 6.10 Å². The first-order valence-electron chi connectivity index (χ1n) is 7.90. The molecule has 0 aromatic heterocycles. The third-order valence-electron chi connectivity index (χ3n) is 3.88. The maximum atomic E-state index is 13.4. The molecule has 2 rings (SSSR count). The van der Waals surface area contributed by atoms with Crippen LogP contribution in [0.5, 0.6) is 17.2 Å². The van der Waals surface area contributed by atoms with E-state index in [4.69, 9.17) is 18.9 Å². The molecule has 0 saturated heterocycles. The predicted octanol–water partition coefficient (Wildman–Crippen LogP) is 2.97. The van der Waals surface area contributed by atoms with Crippen LogP contribution in [0.25, 0.3) is 0 Å². The van der Waals surface area contributed by atoms with E-state index in [1.807, 2.05) is 0 Å². The van der Waals surface area contributed by atoms with E-state index in [9.17, 15) is 9.18 Å². The second-order valence-electron chi connectivity index (χ2n) is 5.40. The monoisotopic (exact) mass is 363 g/mol. The Balaban J connectivity index is 2.16. The van der Waals surface area contributed by atoms with Crippen LogP contribution in [-0.2, 0) is 4.74 Å². The summed E-state index contributed by atoms with van der Waals surface area (Å²) in [5.41, 5.74) is 0.978. The number of methoxy groups -OCH3 is 4. The lowest BCUT2D eigenvalue weighted by Crippen LogP contribution is -2.29. The molecule has 6 nitrogen and oxygen atoms in total. The number of carbonyl (C=O) groups excluding carboxylic acids is 1. The van der Waals surface area contributed by atoms with Crippen LogP contribution in [0.2, 0.25) is 0 Å². The SMILES string of the molecule is COc1cc(C(=O)NCC(OC)c2cccc(F)c2)cc(OC)c1OC. The molecule has 26 heavy (non-hydrogen) atoms. The van der Waals surface area contributed by atoms with Gasteiger partial charge < -0.3 is 24.3 Å². The minimum atomic E-state index is -0.475. The van der Waals surface area contributed by atoms with Crippen LogP contribution in [-0.4, -0.2) is 40.9 Å². The Labute approximate surface area is 151 Å². The first-order chi connectivity index (χ1) is 12.5. The Kier molecular flexibility index (Phi) is 6.80. The number of benzene rings is 2. The number of hydrogen-bond acceptors (Lipinski definition) is 5. The zero-order chi connectivity index (χ0) is 19.1. The van der Waals surface area contributed by atoms with E-state index in [-0.39, 0.29) is 18.3 Å². The summed E-state index contributed by atoms with van der Waals surface area (Å²) in [5.74, 6) is 0.458. The second-order valence-corrected chi connectivity index (χ2v) is 5.40. The van der Waals surface area contributed by atoms with Gasteiger partial charge in [-0.3, -0.25) is 4.79 Å².